The minimum Gasteiger partial charge on any atom is -0.380 e. The molecule has 1 heterocycles. The van der Waals surface area contributed by atoms with Gasteiger partial charge in [-0.15, -0.1) is 0 Å². The Balaban J connectivity index is 2.18. The van der Waals surface area contributed by atoms with Gasteiger partial charge in [-0.3, -0.25) is 0 Å². The van der Waals surface area contributed by atoms with Crippen molar-refractivity contribution in [2.45, 2.75) is 6.54 Å². The molecule has 0 saturated carbocycles. The molecular weight excluding hydrogens is 230 g/mol. The second kappa shape index (κ2) is 5.28. The fraction of sp³-hybridized carbons (Fsp3) is 0.0769. The standard InChI is InChI=1S/C13H11N3S/c14-8-11-12(6-7-15-13(11)17)16-9-10-4-2-1-3-5-10/h1-7H,9H2,(H2,15,16,17). The summed E-state index contributed by atoms with van der Waals surface area (Å²) in [6.07, 6.45) is 1.73. The summed E-state index contributed by atoms with van der Waals surface area (Å²) in [5.74, 6) is 0. The fourth-order valence-electron chi connectivity index (χ4n) is 1.53. The largest absolute Gasteiger partial charge is 0.380 e. The van der Waals surface area contributed by atoms with Crippen LogP contribution in [-0.4, -0.2) is 4.98 Å². The minimum absolute atomic E-state index is 0.463. The normalized spacial score (nSPS) is 9.59. The van der Waals surface area contributed by atoms with Crippen molar-refractivity contribution in [3.05, 3.63) is 58.4 Å². The predicted octanol–water partition coefficient (Wildman–Crippen LogP) is 3.23. The van der Waals surface area contributed by atoms with Crippen LogP contribution in [0.4, 0.5) is 5.69 Å². The number of pyridine rings is 1. The van der Waals surface area contributed by atoms with Crippen LogP contribution in [0, 0.1) is 16.0 Å². The van der Waals surface area contributed by atoms with E-state index in [0.717, 1.165) is 11.3 Å². The van der Waals surface area contributed by atoms with Gasteiger partial charge in [-0.25, -0.2) is 0 Å². The van der Waals surface area contributed by atoms with Gasteiger partial charge < -0.3 is 10.3 Å². The number of aromatic amines is 1. The van der Waals surface area contributed by atoms with Gasteiger partial charge in [0.25, 0.3) is 0 Å². The Morgan fingerprint density at radius 3 is 2.71 bits per heavy atom. The summed E-state index contributed by atoms with van der Waals surface area (Å²) in [6.45, 7) is 0.675. The number of aromatic nitrogens is 1. The van der Waals surface area contributed by atoms with Crippen LogP contribution < -0.4 is 5.32 Å². The van der Waals surface area contributed by atoms with E-state index in [1.54, 1.807) is 6.20 Å². The van der Waals surface area contributed by atoms with Gasteiger partial charge in [0.2, 0.25) is 0 Å². The van der Waals surface area contributed by atoms with Crippen molar-refractivity contribution in [2.75, 3.05) is 5.32 Å². The van der Waals surface area contributed by atoms with Crippen molar-refractivity contribution in [1.82, 2.24) is 4.98 Å². The fourth-order valence-corrected chi connectivity index (χ4v) is 1.75. The average molecular weight is 241 g/mol. The summed E-state index contributed by atoms with van der Waals surface area (Å²) < 4.78 is 0.463. The van der Waals surface area contributed by atoms with Gasteiger partial charge >= 0.3 is 0 Å². The summed E-state index contributed by atoms with van der Waals surface area (Å²) in [4.78, 5) is 2.84. The van der Waals surface area contributed by atoms with Crippen LogP contribution in [0.3, 0.4) is 0 Å². The van der Waals surface area contributed by atoms with Gasteiger partial charge in [-0.05, 0) is 11.6 Å². The predicted molar refractivity (Wildman–Crippen MR) is 70.1 cm³/mol. The number of nitriles is 1. The summed E-state index contributed by atoms with van der Waals surface area (Å²) in [5.41, 5.74) is 2.41. The second-order valence-electron chi connectivity index (χ2n) is 3.55. The highest BCUT2D eigenvalue weighted by molar-refractivity contribution is 7.71. The molecule has 1 aromatic heterocycles. The Kier molecular flexibility index (Phi) is 3.53. The van der Waals surface area contributed by atoms with Crippen LogP contribution in [0.2, 0.25) is 0 Å². The molecule has 0 unspecified atom stereocenters. The maximum Gasteiger partial charge on any atom is 0.123 e. The lowest BCUT2D eigenvalue weighted by Crippen LogP contribution is -2.01. The van der Waals surface area contributed by atoms with Crippen molar-refractivity contribution >= 4 is 17.9 Å². The van der Waals surface area contributed by atoms with Gasteiger partial charge in [0.05, 0.1) is 5.69 Å². The summed E-state index contributed by atoms with van der Waals surface area (Å²) in [6, 6.07) is 13.9. The van der Waals surface area contributed by atoms with Gasteiger partial charge in [-0.1, -0.05) is 42.5 Å². The van der Waals surface area contributed by atoms with Crippen LogP contribution in [0.25, 0.3) is 0 Å². The minimum atomic E-state index is 0.463. The van der Waals surface area contributed by atoms with Crippen LogP contribution in [0.1, 0.15) is 11.1 Å². The monoisotopic (exact) mass is 241 g/mol. The Labute approximate surface area is 105 Å². The zero-order valence-electron chi connectivity index (χ0n) is 9.10. The number of rotatable bonds is 3. The molecule has 0 radical (unpaired) electrons. The first-order valence-corrected chi connectivity index (χ1v) is 5.61. The molecule has 0 saturated heterocycles. The zero-order valence-corrected chi connectivity index (χ0v) is 9.92. The van der Waals surface area contributed by atoms with Gasteiger partial charge in [0.1, 0.15) is 16.3 Å². The van der Waals surface area contributed by atoms with Crippen molar-refractivity contribution in [3.8, 4) is 6.07 Å². The van der Waals surface area contributed by atoms with E-state index in [0.29, 0.717) is 16.7 Å². The molecule has 0 aliphatic carbocycles. The smallest absolute Gasteiger partial charge is 0.123 e. The van der Waals surface area contributed by atoms with E-state index < -0.39 is 0 Å². The molecule has 84 valence electrons. The first kappa shape index (κ1) is 11.4. The number of anilines is 1. The molecule has 0 aliphatic heterocycles. The molecule has 17 heavy (non-hydrogen) atoms. The molecule has 0 spiro atoms. The Hall–Kier alpha value is -2.12. The van der Waals surface area contributed by atoms with E-state index in [1.807, 2.05) is 36.4 Å². The lowest BCUT2D eigenvalue weighted by Gasteiger charge is -2.07. The molecule has 0 aliphatic rings. The molecule has 0 bridgehead atoms. The number of hydrogen-bond donors (Lipinski definition) is 2. The third-order valence-corrected chi connectivity index (χ3v) is 2.72. The van der Waals surface area contributed by atoms with Gasteiger partial charge in [-0.2, -0.15) is 5.26 Å². The number of nitrogens with zero attached hydrogens (tertiary/aromatic N) is 1. The van der Waals surface area contributed by atoms with E-state index in [1.165, 1.54) is 0 Å². The van der Waals surface area contributed by atoms with E-state index >= 15 is 0 Å². The topological polar surface area (TPSA) is 51.6 Å². The maximum absolute atomic E-state index is 9.02. The third kappa shape index (κ3) is 2.71. The molecule has 2 N–H and O–H groups in total. The van der Waals surface area contributed by atoms with Crippen molar-refractivity contribution < 1.29 is 0 Å². The van der Waals surface area contributed by atoms with E-state index in [2.05, 4.69) is 16.4 Å². The van der Waals surface area contributed by atoms with E-state index in [4.69, 9.17) is 17.5 Å². The molecular formula is C13H11N3S. The third-order valence-electron chi connectivity index (χ3n) is 2.40. The average Bonchev–Trinajstić information content (AvgIpc) is 2.37. The number of H-pyrrole nitrogens is 1. The number of nitrogens with one attached hydrogen (secondary N) is 2. The summed E-state index contributed by atoms with van der Waals surface area (Å²) in [5, 5.41) is 12.2. The molecule has 1 aromatic carbocycles. The van der Waals surface area contributed by atoms with Gasteiger partial charge in [0, 0.05) is 12.7 Å². The summed E-state index contributed by atoms with van der Waals surface area (Å²) >= 11 is 5.05. The SMILES string of the molecule is N#Cc1c(NCc2ccccc2)cc[nH]c1=S. The second-order valence-corrected chi connectivity index (χ2v) is 3.95. The quantitative estimate of drug-likeness (QED) is 0.811. The highest BCUT2D eigenvalue weighted by Crippen LogP contribution is 2.15. The van der Waals surface area contributed by atoms with E-state index in [9.17, 15) is 0 Å². The van der Waals surface area contributed by atoms with Crippen LogP contribution in [0.5, 0.6) is 0 Å². The van der Waals surface area contributed by atoms with E-state index in [-0.39, 0.29) is 0 Å². The van der Waals surface area contributed by atoms with Crippen molar-refractivity contribution in [1.29, 1.82) is 5.26 Å². The first-order valence-electron chi connectivity index (χ1n) is 5.21. The molecule has 0 atom stereocenters. The summed E-state index contributed by atoms with van der Waals surface area (Å²) in [7, 11) is 0. The Morgan fingerprint density at radius 1 is 1.24 bits per heavy atom. The maximum atomic E-state index is 9.02. The Bertz CT molecular complexity index is 596. The molecule has 3 nitrogen and oxygen atoms in total. The molecule has 0 fully saturated rings. The van der Waals surface area contributed by atoms with Crippen molar-refractivity contribution in [3.63, 3.8) is 0 Å². The Morgan fingerprint density at radius 2 is 2.00 bits per heavy atom. The molecule has 2 rings (SSSR count). The van der Waals surface area contributed by atoms with Crippen LogP contribution in [0.15, 0.2) is 42.6 Å². The highest BCUT2D eigenvalue weighted by Gasteiger charge is 2.02. The molecule has 4 heteroatoms. The zero-order chi connectivity index (χ0) is 12.1. The lowest BCUT2D eigenvalue weighted by molar-refractivity contribution is 1.13. The van der Waals surface area contributed by atoms with Gasteiger partial charge in [0.15, 0.2) is 0 Å². The van der Waals surface area contributed by atoms with Crippen LogP contribution in [-0.2, 0) is 6.54 Å². The first-order chi connectivity index (χ1) is 8.31. The van der Waals surface area contributed by atoms with Crippen molar-refractivity contribution in [2.24, 2.45) is 0 Å². The number of hydrogen-bond acceptors (Lipinski definition) is 3. The lowest BCUT2D eigenvalue weighted by atomic mass is 10.2. The highest BCUT2D eigenvalue weighted by atomic mass is 32.1. The number of benzene rings is 1. The molecule has 0 amide bonds. The van der Waals surface area contributed by atoms with Crippen LogP contribution >= 0.6 is 12.2 Å². The molecule has 2 aromatic rings.